The second-order valence-corrected chi connectivity index (χ2v) is 10.2. The van der Waals surface area contributed by atoms with Crippen molar-refractivity contribution in [2.24, 2.45) is 5.92 Å². The molecule has 1 aliphatic heterocycles. The van der Waals surface area contributed by atoms with E-state index in [2.05, 4.69) is 24.6 Å². The second kappa shape index (κ2) is 6.24. The van der Waals surface area contributed by atoms with E-state index in [9.17, 15) is 0 Å². The topological polar surface area (TPSA) is 0 Å². The molecule has 1 atom stereocenters. The summed E-state index contributed by atoms with van der Waals surface area (Å²) in [5.74, 6) is 0.837. The van der Waals surface area contributed by atoms with E-state index in [1.807, 2.05) is 42.2 Å². The van der Waals surface area contributed by atoms with Crippen LogP contribution >= 0.6 is 53.0 Å². The first kappa shape index (κ1) is 10.8. The standard InChI is InChI=1S/C6H12S5/c1-5(2)3-6-9-7-4-8-11-10-6/h5-6H,3-4H2,1-2H3/t6-/m1/s1. The Morgan fingerprint density at radius 1 is 1.27 bits per heavy atom. The lowest BCUT2D eigenvalue weighted by molar-refractivity contribution is 0.621. The summed E-state index contributed by atoms with van der Waals surface area (Å²) in [5.41, 5.74) is 0. The van der Waals surface area contributed by atoms with Crippen molar-refractivity contribution in [3.63, 3.8) is 0 Å². The molecule has 0 N–H and O–H groups in total. The predicted molar refractivity (Wildman–Crippen MR) is 66.1 cm³/mol. The lowest BCUT2D eigenvalue weighted by atomic mass is 10.2. The smallest absolute Gasteiger partial charge is 0.0720 e. The highest BCUT2D eigenvalue weighted by molar-refractivity contribution is 9.13. The van der Waals surface area contributed by atoms with E-state index in [-0.39, 0.29) is 0 Å². The molecule has 1 heterocycles. The Morgan fingerprint density at radius 2 is 2.09 bits per heavy atom. The maximum atomic E-state index is 2.30. The van der Waals surface area contributed by atoms with Crippen LogP contribution in [0.3, 0.4) is 0 Å². The zero-order valence-electron chi connectivity index (χ0n) is 6.61. The van der Waals surface area contributed by atoms with Gasteiger partial charge in [0.1, 0.15) is 0 Å². The van der Waals surface area contributed by atoms with E-state index in [0.717, 1.165) is 10.5 Å². The molecule has 1 rings (SSSR count). The molecule has 0 unspecified atom stereocenters. The molecule has 0 radical (unpaired) electrons. The van der Waals surface area contributed by atoms with Gasteiger partial charge in [0.2, 0.25) is 0 Å². The molecule has 1 fully saturated rings. The zero-order valence-corrected chi connectivity index (χ0v) is 10.7. The van der Waals surface area contributed by atoms with Gasteiger partial charge < -0.3 is 0 Å². The molecule has 0 saturated carbocycles. The first-order valence-electron chi connectivity index (χ1n) is 3.52. The highest BCUT2D eigenvalue weighted by atomic mass is 33.5. The zero-order chi connectivity index (χ0) is 8.10. The third-order valence-corrected chi connectivity index (χ3v) is 9.96. The van der Waals surface area contributed by atoms with Gasteiger partial charge in [-0.05, 0) is 22.2 Å². The molecule has 11 heavy (non-hydrogen) atoms. The minimum absolute atomic E-state index is 0.806. The molecule has 0 nitrogen and oxygen atoms in total. The predicted octanol–water partition coefficient (Wildman–Crippen LogP) is 4.74. The summed E-state index contributed by atoms with van der Waals surface area (Å²) in [6.07, 6.45) is 1.34. The first-order chi connectivity index (χ1) is 5.29. The third kappa shape index (κ3) is 5.13. The fourth-order valence-corrected chi connectivity index (χ4v) is 11.1. The molecule has 0 bridgehead atoms. The van der Waals surface area contributed by atoms with E-state index in [0.29, 0.717) is 0 Å². The van der Waals surface area contributed by atoms with E-state index in [4.69, 9.17) is 0 Å². The van der Waals surface area contributed by atoms with Gasteiger partial charge in [-0.15, -0.1) is 0 Å². The van der Waals surface area contributed by atoms with Crippen molar-refractivity contribution in [2.75, 3.05) is 5.08 Å². The van der Waals surface area contributed by atoms with E-state index in [1.165, 1.54) is 11.5 Å². The molecule has 0 aromatic rings. The van der Waals surface area contributed by atoms with Gasteiger partial charge in [-0.1, -0.05) is 57.0 Å². The Morgan fingerprint density at radius 3 is 2.82 bits per heavy atom. The molecule has 66 valence electrons. The molecule has 0 amide bonds. The van der Waals surface area contributed by atoms with Crippen LogP contribution < -0.4 is 0 Å². The van der Waals surface area contributed by atoms with Crippen molar-refractivity contribution in [2.45, 2.75) is 24.9 Å². The lowest BCUT2D eigenvalue weighted by Gasteiger charge is -2.12. The first-order valence-corrected chi connectivity index (χ1v) is 9.62. The van der Waals surface area contributed by atoms with Crippen molar-refractivity contribution in [3.8, 4) is 0 Å². The Hall–Kier alpha value is 1.75. The van der Waals surface area contributed by atoms with E-state index >= 15 is 0 Å². The Balaban J connectivity index is 2.20. The van der Waals surface area contributed by atoms with Gasteiger partial charge in [-0.2, -0.15) is 0 Å². The minimum Gasteiger partial charge on any atom is -0.0811 e. The largest absolute Gasteiger partial charge is 0.0811 e. The Kier molecular flexibility index (Phi) is 6.14. The van der Waals surface area contributed by atoms with Crippen LogP contribution in [-0.2, 0) is 0 Å². The summed E-state index contributed by atoms with van der Waals surface area (Å²) in [6, 6.07) is 0. The molecule has 0 aromatic heterocycles. The summed E-state index contributed by atoms with van der Waals surface area (Å²) in [6.45, 7) is 4.60. The number of hydrogen-bond acceptors (Lipinski definition) is 5. The van der Waals surface area contributed by atoms with Crippen molar-refractivity contribution < 1.29 is 0 Å². The maximum Gasteiger partial charge on any atom is 0.0720 e. The molecule has 1 aliphatic rings. The van der Waals surface area contributed by atoms with Crippen LogP contribution in [0.2, 0.25) is 0 Å². The summed E-state index contributed by atoms with van der Waals surface area (Å²) in [7, 11) is 10.0. The minimum atomic E-state index is 0.806. The average molecular weight is 244 g/mol. The summed E-state index contributed by atoms with van der Waals surface area (Å²) < 4.78 is 0.806. The molecular formula is C6H12S5. The normalized spacial score (nSPS) is 27.0. The summed E-state index contributed by atoms with van der Waals surface area (Å²) >= 11 is 0. The SMILES string of the molecule is CC(C)C[C@@H]1SSCSSS1. The highest BCUT2D eigenvalue weighted by Gasteiger charge is 2.15. The molecule has 1 saturated heterocycles. The quantitative estimate of drug-likeness (QED) is 0.641. The summed E-state index contributed by atoms with van der Waals surface area (Å²) in [5, 5.41) is 1.23. The fourth-order valence-electron chi connectivity index (χ4n) is 0.694. The van der Waals surface area contributed by atoms with Gasteiger partial charge in [-0.25, -0.2) is 0 Å². The highest BCUT2D eigenvalue weighted by Crippen LogP contribution is 2.53. The second-order valence-electron chi connectivity index (χ2n) is 2.67. The monoisotopic (exact) mass is 244 g/mol. The van der Waals surface area contributed by atoms with Crippen LogP contribution in [0, 0.1) is 5.92 Å². The van der Waals surface area contributed by atoms with Gasteiger partial charge in [0.05, 0.1) is 9.67 Å². The molecule has 5 heteroatoms. The average Bonchev–Trinajstić information content (AvgIpc) is 2.14. The lowest BCUT2D eigenvalue weighted by Crippen LogP contribution is -1.98. The van der Waals surface area contributed by atoms with Gasteiger partial charge in [-0.3, -0.25) is 0 Å². The van der Waals surface area contributed by atoms with Crippen molar-refractivity contribution >= 4 is 53.0 Å². The Labute approximate surface area is 88.4 Å². The molecule has 0 aliphatic carbocycles. The van der Waals surface area contributed by atoms with Crippen LogP contribution in [-0.4, -0.2) is 9.67 Å². The number of hydrogen-bond donors (Lipinski definition) is 0. The van der Waals surface area contributed by atoms with Crippen LogP contribution in [0.1, 0.15) is 20.3 Å². The van der Waals surface area contributed by atoms with Gasteiger partial charge in [0.25, 0.3) is 0 Å². The molecular weight excluding hydrogens is 232 g/mol. The summed E-state index contributed by atoms with van der Waals surface area (Å²) in [4.78, 5) is 0. The van der Waals surface area contributed by atoms with E-state index < -0.39 is 0 Å². The fraction of sp³-hybridized carbons (Fsp3) is 1.00. The van der Waals surface area contributed by atoms with E-state index in [1.54, 1.807) is 0 Å². The van der Waals surface area contributed by atoms with Crippen LogP contribution in [0.5, 0.6) is 0 Å². The van der Waals surface area contributed by atoms with Crippen molar-refractivity contribution in [3.05, 3.63) is 0 Å². The van der Waals surface area contributed by atoms with Crippen molar-refractivity contribution in [1.82, 2.24) is 0 Å². The van der Waals surface area contributed by atoms with Crippen LogP contribution in [0.4, 0.5) is 0 Å². The molecule has 0 aromatic carbocycles. The van der Waals surface area contributed by atoms with Crippen molar-refractivity contribution in [1.29, 1.82) is 0 Å². The molecule has 0 spiro atoms. The van der Waals surface area contributed by atoms with Gasteiger partial charge >= 0.3 is 0 Å². The third-order valence-electron chi connectivity index (χ3n) is 1.13. The Bertz CT molecular complexity index is 97.1. The maximum absolute atomic E-state index is 2.30. The number of rotatable bonds is 2. The van der Waals surface area contributed by atoms with Gasteiger partial charge in [0.15, 0.2) is 0 Å². The van der Waals surface area contributed by atoms with Gasteiger partial charge in [0, 0.05) is 0 Å². The van der Waals surface area contributed by atoms with Crippen LogP contribution in [0.15, 0.2) is 0 Å². The van der Waals surface area contributed by atoms with Crippen LogP contribution in [0.25, 0.3) is 0 Å².